The van der Waals surface area contributed by atoms with E-state index in [4.69, 9.17) is 4.74 Å². The summed E-state index contributed by atoms with van der Waals surface area (Å²) in [7, 11) is 0. The summed E-state index contributed by atoms with van der Waals surface area (Å²) in [6, 6.07) is 8.03. The van der Waals surface area contributed by atoms with E-state index < -0.39 is 71.2 Å². The molecule has 0 radical (unpaired) electrons. The molecule has 0 aliphatic heterocycles. The monoisotopic (exact) mass is 676 g/mol. The molecule has 42 heavy (non-hydrogen) atoms. The topological polar surface area (TPSA) is 26.3 Å². The molecule has 0 fully saturated rings. The normalized spacial score (nSPS) is 14.2. The van der Waals surface area contributed by atoms with E-state index in [1.165, 1.54) is 0 Å². The Morgan fingerprint density at radius 3 is 1.50 bits per heavy atom. The van der Waals surface area contributed by atoms with E-state index in [9.17, 15) is 75.0 Å². The zero-order valence-electron chi connectivity index (χ0n) is 19.7. The van der Waals surface area contributed by atoms with Gasteiger partial charge in [-0.15, -0.1) is 11.8 Å². The highest BCUT2D eigenvalue weighted by Gasteiger charge is 2.90. The lowest BCUT2D eigenvalue weighted by atomic mass is 9.93. The van der Waals surface area contributed by atoms with E-state index in [1.807, 2.05) is 0 Å². The van der Waals surface area contributed by atoms with Gasteiger partial charge in [0, 0.05) is 22.0 Å². The molecule has 2 aromatic carbocycles. The lowest BCUT2D eigenvalue weighted by Gasteiger charge is -2.39. The van der Waals surface area contributed by atoms with E-state index in [2.05, 4.69) is 0 Å². The Labute approximate surface area is 232 Å². The van der Waals surface area contributed by atoms with E-state index in [0.29, 0.717) is 0 Å². The van der Waals surface area contributed by atoms with Crippen LogP contribution in [0.25, 0.3) is 0 Å². The minimum atomic E-state index is -7.96. The number of ether oxygens (including phenoxy) is 1. The molecule has 20 heteroatoms. The number of halogens is 16. The molecule has 0 aliphatic carbocycles. The van der Waals surface area contributed by atoms with Gasteiger partial charge in [-0.25, -0.2) is 4.79 Å². The summed E-state index contributed by atoms with van der Waals surface area (Å²) < 4.78 is 213. The molecule has 0 aromatic heterocycles. The third-order valence-corrected chi connectivity index (χ3v) is 6.79. The molecule has 0 N–H and O–H groups in total. The molecule has 0 spiro atoms. The number of thioether (sulfide) groups is 2. The summed E-state index contributed by atoms with van der Waals surface area (Å²) >= 11 is -0.232. The highest BCUT2D eigenvalue weighted by Crippen LogP contribution is 2.60. The number of hydrogen-bond donors (Lipinski definition) is 0. The Balaban J connectivity index is 2.04. The second-order valence-electron chi connectivity index (χ2n) is 8.03. The molecule has 2 rings (SSSR count). The van der Waals surface area contributed by atoms with Gasteiger partial charge >= 0.3 is 47.3 Å². The van der Waals surface area contributed by atoms with Crippen molar-refractivity contribution in [1.82, 2.24) is 0 Å². The van der Waals surface area contributed by atoms with Gasteiger partial charge in [0.15, 0.2) is 0 Å². The van der Waals surface area contributed by atoms with Gasteiger partial charge in [0.1, 0.15) is 5.75 Å². The number of carbonyl (C=O) groups is 1. The van der Waals surface area contributed by atoms with E-state index in [-0.39, 0.29) is 32.9 Å². The number of esters is 1. The lowest BCUT2D eigenvalue weighted by Crippen LogP contribution is -2.70. The van der Waals surface area contributed by atoms with Gasteiger partial charge < -0.3 is 4.74 Å². The van der Waals surface area contributed by atoms with Crippen LogP contribution in [0.2, 0.25) is 0 Å². The average Bonchev–Trinajstić information content (AvgIpc) is 2.83. The van der Waals surface area contributed by atoms with Gasteiger partial charge in [0.25, 0.3) is 0 Å². The van der Waals surface area contributed by atoms with Gasteiger partial charge in [-0.3, -0.25) is 0 Å². The Hall–Kier alpha value is -2.51. The molecule has 0 aliphatic rings. The van der Waals surface area contributed by atoms with Gasteiger partial charge in [-0.2, -0.15) is 70.2 Å². The number of rotatable bonds is 11. The number of alkyl halides is 16. The third kappa shape index (κ3) is 7.34. The fourth-order valence-corrected chi connectivity index (χ4v) is 4.28. The maximum absolute atomic E-state index is 13.9. The fraction of sp³-hybridized carbons (Fsp3) is 0.409. The van der Waals surface area contributed by atoms with Gasteiger partial charge in [-0.1, -0.05) is 0 Å². The van der Waals surface area contributed by atoms with Gasteiger partial charge in [-0.05, 0) is 60.3 Å². The van der Waals surface area contributed by atoms with Gasteiger partial charge in [0.05, 0.1) is 5.56 Å². The van der Waals surface area contributed by atoms with E-state index in [0.717, 1.165) is 48.5 Å². The molecule has 0 atom stereocenters. The van der Waals surface area contributed by atoms with Crippen molar-refractivity contribution in [2.45, 2.75) is 57.5 Å². The van der Waals surface area contributed by atoms with Crippen molar-refractivity contribution in [2.24, 2.45) is 0 Å². The zero-order valence-corrected chi connectivity index (χ0v) is 21.3. The van der Waals surface area contributed by atoms with Crippen LogP contribution in [0, 0.1) is 0 Å². The summed E-state index contributed by atoms with van der Waals surface area (Å²) in [5.74, 6) is -39.7. The molecule has 236 valence electrons. The van der Waals surface area contributed by atoms with E-state index >= 15 is 0 Å². The molecule has 0 heterocycles. The molecule has 0 saturated heterocycles. The average molecular weight is 676 g/mol. The van der Waals surface area contributed by atoms with Crippen LogP contribution in [0.15, 0.2) is 58.3 Å². The second kappa shape index (κ2) is 11.9. The molecule has 2 aromatic rings. The standard InChI is InChI=1S/C22H12F16O2S2/c23-16(24,17(25,26)18(27,28)19(29,30)20(31,32)21(33,34)35)9-10-41-13-7-3-12(4-8-13)40-15(39)11-1-5-14(6-2-11)42-22(36,37)38/h1-8H,9-10H2. The lowest BCUT2D eigenvalue weighted by molar-refractivity contribution is -0.439. The largest absolute Gasteiger partial charge is 0.460 e. The predicted molar refractivity (Wildman–Crippen MR) is 116 cm³/mol. The zero-order chi connectivity index (χ0) is 32.6. The van der Waals surface area contributed by atoms with Gasteiger partial charge in [0.2, 0.25) is 0 Å². The van der Waals surface area contributed by atoms with Crippen LogP contribution in [0.4, 0.5) is 70.2 Å². The van der Waals surface area contributed by atoms with Crippen LogP contribution in [-0.2, 0) is 0 Å². The highest BCUT2D eigenvalue weighted by atomic mass is 32.2. The molecular formula is C22H12F16O2S2. The smallest absolute Gasteiger partial charge is 0.423 e. The Morgan fingerprint density at radius 2 is 1.05 bits per heavy atom. The molecule has 0 unspecified atom stereocenters. The number of carbonyl (C=O) groups excluding carboxylic acids is 1. The fourth-order valence-electron chi connectivity index (χ4n) is 2.82. The summed E-state index contributed by atoms with van der Waals surface area (Å²) in [5.41, 5.74) is -4.76. The minimum Gasteiger partial charge on any atom is -0.423 e. The van der Waals surface area contributed by atoms with Crippen LogP contribution in [-0.4, -0.2) is 53.0 Å². The molecule has 2 nitrogen and oxygen atoms in total. The molecule has 0 amide bonds. The van der Waals surface area contributed by atoms with Crippen LogP contribution in [0.5, 0.6) is 5.75 Å². The van der Waals surface area contributed by atoms with Crippen LogP contribution in [0.1, 0.15) is 16.8 Å². The van der Waals surface area contributed by atoms with Crippen LogP contribution >= 0.6 is 23.5 Å². The quantitative estimate of drug-likeness (QED) is 0.103. The second-order valence-corrected chi connectivity index (χ2v) is 10.3. The summed E-state index contributed by atoms with van der Waals surface area (Å²) in [6.45, 7) is 0. The first-order valence-electron chi connectivity index (χ1n) is 10.5. The summed E-state index contributed by atoms with van der Waals surface area (Å²) in [4.78, 5) is 11.8. The van der Waals surface area contributed by atoms with Crippen LogP contribution < -0.4 is 4.74 Å². The maximum atomic E-state index is 13.9. The molecular weight excluding hydrogens is 664 g/mol. The predicted octanol–water partition coefficient (Wildman–Crippen LogP) is 9.74. The first-order chi connectivity index (χ1) is 18.8. The van der Waals surface area contributed by atoms with Crippen molar-refractivity contribution in [2.75, 3.05) is 5.75 Å². The third-order valence-electron chi connectivity index (χ3n) is 5.04. The number of benzene rings is 2. The summed E-state index contributed by atoms with van der Waals surface area (Å²) in [6.07, 6.45) is -9.87. The number of hydrogen-bond acceptors (Lipinski definition) is 4. The van der Waals surface area contributed by atoms with Crippen molar-refractivity contribution in [3.8, 4) is 5.75 Å². The van der Waals surface area contributed by atoms with Crippen molar-refractivity contribution in [1.29, 1.82) is 0 Å². The minimum absolute atomic E-state index is 0.0943. The SMILES string of the molecule is O=C(Oc1ccc(SCCC(F)(F)C(F)(F)C(F)(F)C(F)(F)C(F)(F)C(F)(F)F)cc1)c1ccc(SC(F)(F)F)cc1. The Bertz CT molecular complexity index is 1220. The molecule has 0 saturated carbocycles. The van der Waals surface area contributed by atoms with Crippen LogP contribution in [0.3, 0.4) is 0 Å². The maximum Gasteiger partial charge on any atom is 0.460 e. The van der Waals surface area contributed by atoms with E-state index in [1.54, 1.807) is 0 Å². The highest BCUT2D eigenvalue weighted by molar-refractivity contribution is 8.00. The molecule has 0 bridgehead atoms. The van der Waals surface area contributed by atoms with Crippen molar-refractivity contribution in [3.05, 3.63) is 54.1 Å². The Morgan fingerprint density at radius 1 is 0.595 bits per heavy atom. The summed E-state index contributed by atoms with van der Waals surface area (Å²) in [5, 5.41) is 0. The first-order valence-corrected chi connectivity index (χ1v) is 12.3. The van der Waals surface area contributed by atoms with Crippen molar-refractivity contribution >= 4 is 29.5 Å². The Kier molecular flexibility index (Phi) is 10.1. The van der Waals surface area contributed by atoms with Crippen molar-refractivity contribution < 1.29 is 79.8 Å². The first kappa shape index (κ1) is 35.7. The van der Waals surface area contributed by atoms with Crippen molar-refractivity contribution in [3.63, 3.8) is 0 Å².